The van der Waals surface area contributed by atoms with Crippen molar-refractivity contribution in [3.63, 3.8) is 0 Å². The van der Waals surface area contributed by atoms with Gasteiger partial charge in [0.15, 0.2) is 0 Å². The molecule has 1 nitrogen and oxygen atoms in total. The highest BCUT2D eigenvalue weighted by molar-refractivity contribution is 9.10. The highest BCUT2D eigenvalue weighted by atomic mass is 79.9. The maximum atomic E-state index is 10.2. The molecule has 18 heavy (non-hydrogen) atoms. The van der Waals surface area contributed by atoms with Crippen LogP contribution < -0.4 is 0 Å². The monoisotopic (exact) mass is 324 g/mol. The molecule has 0 aromatic heterocycles. The van der Waals surface area contributed by atoms with Crippen LogP contribution in [0.4, 0.5) is 0 Å². The van der Waals surface area contributed by atoms with E-state index >= 15 is 0 Å². The van der Waals surface area contributed by atoms with Crippen LogP contribution in [0.3, 0.4) is 0 Å². The molecule has 0 saturated carbocycles. The Morgan fingerprint density at radius 3 is 2.61 bits per heavy atom. The van der Waals surface area contributed by atoms with Crippen LogP contribution in [-0.4, -0.2) is 5.11 Å². The lowest BCUT2D eigenvalue weighted by Gasteiger charge is -2.13. The topological polar surface area (TPSA) is 20.2 Å². The first-order chi connectivity index (χ1) is 8.58. The first kappa shape index (κ1) is 13.6. The molecule has 0 aliphatic heterocycles. The Morgan fingerprint density at radius 2 is 1.94 bits per heavy atom. The molecular formula is C15H14BrClO. The van der Waals surface area contributed by atoms with Gasteiger partial charge in [0.25, 0.3) is 0 Å². The van der Waals surface area contributed by atoms with Gasteiger partial charge in [0.2, 0.25) is 0 Å². The molecule has 0 amide bonds. The smallest absolute Gasteiger partial charge is 0.0831 e. The quantitative estimate of drug-likeness (QED) is 0.868. The molecule has 0 bridgehead atoms. The third-order valence-electron chi connectivity index (χ3n) is 2.95. The highest BCUT2D eigenvalue weighted by Crippen LogP contribution is 2.26. The van der Waals surface area contributed by atoms with E-state index in [1.165, 1.54) is 0 Å². The zero-order chi connectivity index (χ0) is 13.1. The van der Waals surface area contributed by atoms with Crippen molar-refractivity contribution < 1.29 is 5.11 Å². The largest absolute Gasteiger partial charge is 0.388 e. The average molecular weight is 326 g/mol. The van der Waals surface area contributed by atoms with Crippen LogP contribution in [0.2, 0.25) is 5.02 Å². The summed E-state index contributed by atoms with van der Waals surface area (Å²) in [5.41, 5.74) is 2.96. The third kappa shape index (κ3) is 3.14. The molecule has 0 fully saturated rings. The van der Waals surface area contributed by atoms with E-state index in [0.717, 1.165) is 21.2 Å². The van der Waals surface area contributed by atoms with Crippen molar-refractivity contribution in [2.45, 2.75) is 19.4 Å². The summed E-state index contributed by atoms with van der Waals surface area (Å²) < 4.78 is 1.02. The number of halogens is 2. The average Bonchev–Trinajstić information content (AvgIpc) is 2.35. The van der Waals surface area contributed by atoms with Gasteiger partial charge in [0, 0.05) is 15.9 Å². The van der Waals surface area contributed by atoms with Crippen molar-refractivity contribution in [2.24, 2.45) is 0 Å². The molecule has 0 spiro atoms. The van der Waals surface area contributed by atoms with Crippen molar-refractivity contribution in [1.29, 1.82) is 0 Å². The van der Waals surface area contributed by atoms with Crippen molar-refractivity contribution >= 4 is 27.5 Å². The number of hydrogen-bond donors (Lipinski definition) is 1. The fourth-order valence-electron chi connectivity index (χ4n) is 1.81. The molecule has 2 aromatic carbocycles. The SMILES string of the molecule is Cc1ccc(C(O)Cc2ccccc2Br)cc1Cl. The summed E-state index contributed by atoms with van der Waals surface area (Å²) in [7, 11) is 0. The lowest BCUT2D eigenvalue weighted by atomic mass is 10.0. The second-order valence-electron chi connectivity index (χ2n) is 4.32. The molecule has 1 unspecified atom stereocenters. The zero-order valence-electron chi connectivity index (χ0n) is 10.0. The molecule has 0 radical (unpaired) electrons. The number of rotatable bonds is 3. The summed E-state index contributed by atoms with van der Waals surface area (Å²) in [6.45, 7) is 1.95. The Hall–Kier alpha value is -0.830. The molecule has 1 atom stereocenters. The summed E-state index contributed by atoms with van der Waals surface area (Å²) in [5, 5.41) is 10.9. The summed E-state index contributed by atoms with van der Waals surface area (Å²) in [6.07, 6.45) is 0.0303. The lowest BCUT2D eigenvalue weighted by molar-refractivity contribution is 0.178. The molecule has 3 heteroatoms. The standard InChI is InChI=1S/C15H14BrClO/c1-10-6-7-12(8-14(10)17)15(18)9-11-4-2-3-5-13(11)16/h2-8,15,18H,9H2,1H3. The third-order valence-corrected chi connectivity index (χ3v) is 4.13. The van der Waals surface area contributed by atoms with Gasteiger partial charge in [-0.2, -0.15) is 0 Å². The van der Waals surface area contributed by atoms with Crippen LogP contribution in [0.5, 0.6) is 0 Å². The van der Waals surface area contributed by atoms with Crippen LogP contribution in [0, 0.1) is 6.92 Å². The van der Waals surface area contributed by atoms with Crippen LogP contribution in [-0.2, 0) is 6.42 Å². The number of aliphatic hydroxyl groups excluding tert-OH is 1. The van der Waals surface area contributed by atoms with Gasteiger partial charge in [0.05, 0.1) is 6.10 Å². The fraction of sp³-hybridized carbons (Fsp3) is 0.200. The van der Waals surface area contributed by atoms with Crippen LogP contribution >= 0.6 is 27.5 Å². The van der Waals surface area contributed by atoms with Crippen molar-refractivity contribution in [3.05, 3.63) is 68.7 Å². The number of aliphatic hydroxyl groups is 1. The highest BCUT2D eigenvalue weighted by Gasteiger charge is 2.11. The van der Waals surface area contributed by atoms with Crippen molar-refractivity contribution in [3.8, 4) is 0 Å². The predicted molar refractivity (Wildman–Crippen MR) is 79.0 cm³/mol. The number of aryl methyl sites for hydroxylation is 1. The van der Waals surface area contributed by atoms with Gasteiger partial charge in [-0.15, -0.1) is 0 Å². The van der Waals surface area contributed by atoms with Crippen molar-refractivity contribution in [1.82, 2.24) is 0 Å². The van der Waals surface area contributed by atoms with Gasteiger partial charge < -0.3 is 5.11 Å². The summed E-state index contributed by atoms with van der Waals surface area (Å²) >= 11 is 9.56. The van der Waals surface area contributed by atoms with Crippen LogP contribution in [0.15, 0.2) is 46.9 Å². The molecule has 1 N–H and O–H groups in total. The molecule has 0 heterocycles. The first-order valence-electron chi connectivity index (χ1n) is 5.75. The number of benzene rings is 2. The van der Waals surface area contributed by atoms with E-state index in [4.69, 9.17) is 11.6 Å². The van der Waals surface area contributed by atoms with Crippen LogP contribution in [0.1, 0.15) is 22.8 Å². The normalized spacial score (nSPS) is 12.4. The van der Waals surface area contributed by atoms with Gasteiger partial charge in [-0.05, 0) is 35.7 Å². The lowest BCUT2D eigenvalue weighted by Crippen LogP contribution is -2.02. The van der Waals surface area contributed by atoms with Crippen molar-refractivity contribution in [2.75, 3.05) is 0 Å². The van der Waals surface area contributed by atoms with E-state index in [-0.39, 0.29) is 0 Å². The van der Waals surface area contributed by atoms with E-state index in [9.17, 15) is 5.11 Å². The second kappa shape index (κ2) is 5.87. The van der Waals surface area contributed by atoms with E-state index in [1.807, 2.05) is 49.4 Å². The molecule has 0 aliphatic rings. The maximum absolute atomic E-state index is 10.2. The van der Waals surface area contributed by atoms with E-state index in [2.05, 4.69) is 15.9 Å². The number of hydrogen-bond acceptors (Lipinski definition) is 1. The molecule has 2 rings (SSSR count). The maximum Gasteiger partial charge on any atom is 0.0831 e. The summed E-state index contributed by atoms with van der Waals surface area (Å²) in [6, 6.07) is 13.6. The molecular weight excluding hydrogens is 312 g/mol. The van der Waals surface area contributed by atoms with E-state index in [1.54, 1.807) is 0 Å². The Bertz CT molecular complexity index is 554. The molecule has 0 aliphatic carbocycles. The Labute approximate surface area is 121 Å². The Kier molecular flexibility index (Phi) is 4.44. The van der Waals surface area contributed by atoms with Gasteiger partial charge in [-0.3, -0.25) is 0 Å². The Morgan fingerprint density at radius 1 is 1.22 bits per heavy atom. The Balaban J connectivity index is 2.19. The fourth-order valence-corrected chi connectivity index (χ4v) is 2.44. The van der Waals surface area contributed by atoms with Crippen LogP contribution in [0.25, 0.3) is 0 Å². The van der Waals surface area contributed by atoms with Gasteiger partial charge in [0.1, 0.15) is 0 Å². The zero-order valence-corrected chi connectivity index (χ0v) is 12.4. The predicted octanol–water partition coefficient (Wildman–Crippen LogP) is 4.69. The minimum absolute atomic E-state index is 0.540. The minimum atomic E-state index is -0.540. The first-order valence-corrected chi connectivity index (χ1v) is 6.92. The summed E-state index contributed by atoms with van der Waals surface area (Å²) in [5.74, 6) is 0. The second-order valence-corrected chi connectivity index (χ2v) is 5.58. The minimum Gasteiger partial charge on any atom is -0.388 e. The summed E-state index contributed by atoms with van der Waals surface area (Å²) in [4.78, 5) is 0. The van der Waals surface area contributed by atoms with E-state index in [0.29, 0.717) is 11.4 Å². The molecule has 0 saturated heterocycles. The van der Waals surface area contributed by atoms with Gasteiger partial charge in [-0.1, -0.05) is 57.9 Å². The molecule has 2 aromatic rings. The van der Waals surface area contributed by atoms with Gasteiger partial charge in [-0.25, -0.2) is 0 Å². The van der Waals surface area contributed by atoms with E-state index < -0.39 is 6.10 Å². The van der Waals surface area contributed by atoms with Gasteiger partial charge >= 0.3 is 0 Å². The molecule has 94 valence electrons.